The predicted octanol–water partition coefficient (Wildman–Crippen LogP) is 4.92. The van der Waals surface area contributed by atoms with Crippen molar-refractivity contribution in [2.45, 2.75) is 44.1 Å². The molecule has 2 N–H and O–H groups in total. The van der Waals surface area contributed by atoms with Gasteiger partial charge in [0.1, 0.15) is 17.8 Å². The summed E-state index contributed by atoms with van der Waals surface area (Å²) < 4.78 is 27.3. The Morgan fingerprint density at radius 2 is 2.00 bits per heavy atom. The summed E-state index contributed by atoms with van der Waals surface area (Å²) in [6, 6.07) is 9.78. The fourth-order valence-corrected chi connectivity index (χ4v) is 3.42. The number of aromatic amines is 1. The molecule has 0 bridgehead atoms. The van der Waals surface area contributed by atoms with E-state index in [2.05, 4.69) is 49.7 Å². The Morgan fingerprint density at radius 3 is 2.61 bits per heavy atom. The van der Waals surface area contributed by atoms with Crippen LogP contribution in [0.5, 0.6) is 0 Å². The second kappa shape index (κ2) is 8.85. The first-order valence-corrected chi connectivity index (χ1v) is 11.1. The number of benzene rings is 1. The van der Waals surface area contributed by atoms with Crippen LogP contribution in [0, 0.1) is 11.3 Å². The molecule has 2 heterocycles. The number of nitriles is 1. The van der Waals surface area contributed by atoms with Gasteiger partial charge in [0.05, 0.1) is 16.9 Å². The van der Waals surface area contributed by atoms with Gasteiger partial charge in [0, 0.05) is 24.1 Å². The minimum Gasteiger partial charge on any atom is -0.363 e. The van der Waals surface area contributed by atoms with Gasteiger partial charge in [0.2, 0.25) is 0 Å². The molecule has 4 rings (SSSR count). The first kappa shape index (κ1) is 23.0. The number of halogens is 2. The number of alkyl halides is 2. The van der Waals surface area contributed by atoms with E-state index in [1.54, 1.807) is 18.2 Å². The van der Waals surface area contributed by atoms with Crippen molar-refractivity contribution in [1.29, 1.82) is 5.26 Å². The lowest BCUT2D eigenvalue weighted by molar-refractivity contribution is 0.0174. The lowest BCUT2D eigenvalue weighted by Crippen LogP contribution is -2.21. The highest BCUT2D eigenvalue weighted by Gasteiger charge is 2.47. The molecule has 31 heavy (non-hydrogen) atoms. The molecule has 6 nitrogen and oxygen atoms in total. The molecular formula is C21H21F2N5OS2. The Hall–Kier alpha value is -2.64. The fourth-order valence-electron chi connectivity index (χ4n) is 3.42. The van der Waals surface area contributed by atoms with Crippen LogP contribution in [-0.4, -0.2) is 15.0 Å². The van der Waals surface area contributed by atoms with Crippen LogP contribution < -0.4 is 10.9 Å². The van der Waals surface area contributed by atoms with Crippen LogP contribution in [0.25, 0.3) is 11.0 Å². The minimum atomic E-state index is -2.93. The van der Waals surface area contributed by atoms with Gasteiger partial charge in [-0.1, -0.05) is 18.2 Å². The normalized spacial score (nSPS) is 15.4. The zero-order valence-electron chi connectivity index (χ0n) is 16.9. The summed E-state index contributed by atoms with van der Waals surface area (Å²) >= 11 is 6.44. The molecule has 0 unspecified atom stereocenters. The Morgan fingerprint density at radius 1 is 1.29 bits per heavy atom. The third kappa shape index (κ3) is 4.67. The van der Waals surface area contributed by atoms with Gasteiger partial charge in [-0.15, -0.1) is 23.3 Å². The SMILES string of the molecule is C[C@@H](Nc1ncnc2[nH]c(=O)c(C3(C#N)CC3)cc12)c1cccc(C(C)(F)F)c1.SS. The van der Waals surface area contributed by atoms with Crippen molar-refractivity contribution in [3.8, 4) is 6.07 Å². The van der Waals surface area contributed by atoms with Gasteiger partial charge in [0.25, 0.3) is 11.5 Å². The maximum Gasteiger partial charge on any atom is 0.270 e. The van der Waals surface area contributed by atoms with Gasteiger partial charge >= 0.3 is 0 Å². The highest BCUT2D eigenvalue weighted by atomic mass is 33.1. The number of hydrogen-bond acceptors (Lipinski definition) is 7. The summed E-state index contributed by atoms with van der Waals surface area (Å²) in [7, 11) is 0. The van der Waals surface area contributed by atoms with Crippen molar-refractivity contribution >= 4 is 40.2 Å². The molecule has 1 aromatic carbocycles. The van der Waals surface area contributed by atoms with Crippen LogP contribution in [-0.2, 0) is 11.3 Å². The summed E-state index contributed by atoms with van der Waals surface area (Å²) in [6.45, 7) is 2.70. The summed E-state index contributed by atoms with van der Waals surface area (Å²) in [6.07, 6.45) is 2.60. The number of pyridine rings is 1. The van der Waals surface area contributed by atoms with Gasteiger partial charge in [-0.05, 0) is 37.5 Å². The van der Waals surface area contributed by atoms with Gasteiger partial charge < -0.3 is 10.3 Å². The molecule has 1 saturated carbocycles. The second-order valence-corrected chi connectivity index (χ2v) is 7.57. The van der Waals surface area contributed by atoms with Crippen LogP contribution in [0.2, 0.25) is 0 Å². The number of anilines is 1. The average Bonchev–Trinajstić information content (AvgIpc) is 3.55. The highest BCUT2D eigenvalue weighted by Crippen LogP contribution is 2.46. The predicted molar refractivity (Wildman–Crippen MR) is 123 cm³/mol. The molecule has 2 aromatic heterocycles. The van der Waals surface area contributed by atoms with Crippen LogP contribution in [0.4, 0.5) is 14.6 Å². The van der Waals surface area contributed by atoms with E-state index in [9.17, 15) is 18.8 Å². The molecule has 3 aromatic rings. The Balaban J connectivity index is 0.00000132. The van der Waals surface area contributed by atoms with Crippen molar-refractivity contribution in [3.63, 3.8) is 0 Å². The highest BCUT2D eigenvalue weighted by molar-refractivity contribution is 8.59. The van der Waals surface area contributed by atoms with E-state index in [1.807, 2.05) is 6.92 Å². The largest absolute Gasteiger partial charge is 0.363 e. The van der Waals surface area contributed by atoms with E-state index in [0.29, 0.717) is 40.8 Å². The first-order valence-electron chi connectivity index (χ1n) is 9.48. The fraction of sp³-hybridized carbons (Fsp3) is 0.333. The summed E-state index contributed by atoms with van der Waals surface area (Å²) in [5, 5.41) is 13.2. The van der Waals surface area contributed by atoms with Crippen LogP contribution in [0.15, 0.2) is 41.5 Å². The van der Waals surface area contributed by atoms with Crippen LogP contribution in [0.1, 0.15) is 49.4 Å². The summed E-state index contributed by atoms with van der Waals surface area (Å²) in [4.78, 5) is 23.5. The van der Waals surface area contributed by atoms with E-state index in [0.717, 1.165) is 6.92 Å². The maximum absolute atomic E-state index is 13.7. The monoisotopic (exact) mass is 461 g/mol. The van der Waals surface area contributed by atoms with Gasteiger partial charge in [-0.2, -0.15) is 5.26 Å². The van der Waals surface area contributed by atoms with E-state index >= 15 is 0 Å². The van der Waals surface area contributed by atoms with Crippen molar-refractivity contribution in [2.24, 2.45) is 0 Å². The molecular weight excluding hydrogens is 440 g/mol. The van der Waals surface area contributed by atoms with Crippen molar-refractivity contribution in [1.82, 2.24) is 15.0 Å². The summed E-state index contributed by atoms with van der Waals surface area (Å²) in [5.41, 5.74) is 0.300. The lowest BCUT2D eigenvalue weighted by atomic mass is 9.98. The first-order chi connectivity index (χ1) is 14.7. The number of rotatable bonds is 5. The number of fused-ring (bicyclic) bond motifs is 1. The molecule has 1 fully saturated rings. The van der Waals surface area contributed by atoms with Gasteiger partial charge in [0.15, 0.2) is 0 Å². The molecule has 1 aliphatic rings. The molecule has 0 saturated heterocycles. The zero-order valence-corrected chi connectivity index (χ0v) is 18.6. The number of thiol groups is 2. The second-order valence-electron chi connectivity index (χ2n) is 7.57. The van der Waals surface area contributed by atoms with E-state index in [1.165, 1.54) is 18.5 Å². The van der Waals surface area contributed by atoms with Crippen LogP contribution >= 0.6 is 23.3 Å². The topological polar surface area (TPSA) is 94.5 Å². The molecule has 10 heteroatoms. The smallest absolute Gasteiger partial charge is 0.270 e. The lowest BCUT2D eigenvalue weighted by Gasteiger charge is -2.19. The Bertz CT molecular complexity index is 1200. The number of aromatic nitrogens is 3. The Kier molecular flexibility index (Phi) is 6.57. The van der Waals surface area contributed by atoms with Crippen molar-refractivity contribution < 1.29 is 8.78 Å². The maximum atomic E-state index is 13.7. The van der Waals surface area contributed by atoms with Crippen molar-refractivity contribution in [2.75, 3.05) is 5.32 Å². The number of nitrogens with one attached hydrogen (secondary N) is 2. The van der Waals surface area contributed by atoms with E-state index in [4.69, 9.17) is 0 Å². The van der Waals surface area contributed by atoms with Crippen molar-refractivity contribution in [3.05, 3.63) is 63.7 Å². The number of nitrogens with zero attached hydrogens (tertiary/aromatic N) is 3. The molecule has 162 valence electrons. The third-order valence-corrected chi connectivity index (χ3v) is 5.38. The average molecular weight is 462 g/mol. The third-order valence-electron chi connectivity index (χ3n) is 5.38. The van der Waals surface area contributed by atoms with E-state index < -0.39 is 11.3 Å². The zero-order chi connectivity index (χ0) is 22.8. The van der Waals surface area contributed by atoms with E-state index in [-0.39, 0.29) is 17.2 Å². The van der Waals surface area contributed by atoms with Crippen LogP contribution in [0.3, 0.4) is 0 Å². The summed E-state index contributed by atoms with van der Waals surface area (Å²) in [5.74, 6) is -2.47. The molecule has 0 amide bonds. The molecule has 1 aliphatic carbocycles. The standard InChI is InChI=1S/C21H19F2N5O.H2S2/c1-12(13-4-3-5-14(8-13)20(2,22)23)27-17-15-9-16(21(10-24)6-7-21)19(29)28-18(15)26-11-25-17;1-2/h3-5,8-9,11-12H,6-7H2,1-2H3,(H2,25,26,27,28,29);1-2H/t12-;/m1./s1. The van der Waals surface area contributed by atoms with Gasteiger partial charge in [-0.25, -0.2) is 18.7 Å². The number of H-pyrrole nitrogens is 1. The van der Waals surface area contributed by atoms with Gasteiger partial charge in [-0.3, -0.25) is 4.79 Å². The Labute approximate surface area is 188 Å². The number of hydrogen-bond donors (Lipinski definition) is 4. The molecule has 0 radical (unpaired) electrons. The molecule has 0 spiro atoms. The molecule has 1 atom stereocenters. The minimum absolute atomic E-state index is 0.0625. The molecule has 0 aliphatic heterocycles. The quantitative estimate of drug-likeness (QED) is 0.320.